The zero-order valence-electron chi connectivity index (χ0n) is 6.60. The van der Waals surface area contributed by atoms with E-state index in [-0.39, 0.29) is 0 Å². The summed E-state index contributed by atoms with van der Waals surface area (Å²) in [7, 11) is 0. The first-order valence-electron chi connectivity index (χ1n) is 3.72. The summed E-state index contributed by atoms with van der Waals surface area (Å²) in [5, 5.41) is 8.52. The highest BCUT2D eigenvalue weighted by Gasteiger charge is 2.10. The highest BCUT2D eigenvalue weighted by molar-refractivity contribution is 5.73. The molecule has 64 valence electrons. The maximum absolute atomic E-state index is 10.4. The Morgan fingerprint density at radius 1 is 1.42 bits per heavy atom. The van der Waals surface area contributed by atoms with E-state index < -0.39 is 12.0 Å². The van der Waals surface area contributed by atoms with E-state index in [2.05, 4.69) is 0 Å². The Hall–Kier alpha value is -1.35. The van der Waals surface area contributed by atoms with Crippen molar-refractivity contribution in [2.75, 3.05) is 0 Å². The number of carbonyl (C=O) groups is 1. The van der Waals surface area contributed by atoms with Gasteiger partial charge in [-0.2, -0.15) is 0 Å². The van der Waals surface area contributed by atoms with Crippen LogP contribution in [0.1, 0.15) is 5.56 Å². The summed E-state index contributed by atoms with van der Waals surface area (Å²) in [6.07, 6.45) is 0.385. The monoisotopic (exact) mass is 166 g/mol. The minimum atomic E-state index is -0.959. The topological polar surface area (TPSA) is 63.3 Å². The van der Waals surface area contributed by atoms with Gasteiger partial charge in [-0.05, 0) is 12.0 Å². The molecule has 0 heterocycles. The molecule has 0 saturated heterocycles. The molecule has 3 nitrogen and oxygen atoms in total. The van der Waals surface area contributed by atoms with Gasteiger partial charge in [-0.1, -0.05) is 30.3 Å². The molecule has 0 aliphatic heterocycles. The van der Waals surface area contributed by atoms with Crippen LogP contribution in [0, 0.1) is 0 Å². The van der Waals surface area contributed by atoms with E-state index in [1.807, 2.05) is 30.3 Å². The fourth-order valence-corrected chi connectivity index (χ4v) is 0.955. The van der Waals surface area contributed by atoms with Gasteiger partial charge in [-0.15, -0.1) is 0 Å². The number of carboxylic acids is 1. The summed E-state index contributed by atoms with van der Waals surface area (Å²) in [6, 6.07) is 8.54. The van der Waals surface area contributed by atoms with Crippen LogP contribution >= 0.6 is 0 Å². The second-order valence-corrected chi connectivity index (χ2v) is 2.63. The van der Waals surface area contributed by atoms with Gasteiger partial charge >= 0.3 is 5.97 Å². The van der Waals surface area contributed by atoms with Crippen LogP contribution in [0.15, 0.2) is 30.3 Å². The second kappa shape index (κ2) is 3.88. The molecule has 1 rings (SSSR count). The van der Waals surface area contributed by atoms with E-state index in [1.54, 1.807) is 0 Å². The van der Waals surface area contributed by atoms with Gasteiger partial charge in [0.2, 0.25) is 0 Å². The van der Waals surface area contributed by atoms with E-state index in [0.717, 1.165) is 5.56 Å². The third kappa shape index (κ3) is 2.36. The molecule has 0 saturated carbocycles. The number of rotatable bonds is 3. The van der Waals surface area contributed by atoms with Crippen molar-refractivity contribution in [2.45, 2.75) is 12.5 Å². The van der Waals surface area contributed by atoms with Crippen LogP contribution in [0.5, 0.6) is 0 Å². The normalized spacial score (nSPS) is 12.4. The molecule has 0 bridgehead atoms. The minimum Gasteiger partial charge on any atom is -0.480 e. The van der Waals surface area contributed by atoms with Crippen LogP contribution < -0.4 is 5.73 Å². The number of carboxylic acid groups (broad SMARTS) is 1. The van der Waals surface area contributed by atoms with Crippen LogP contribution in [0.25, 0.3) is 0 Å². The summed E-state index contributed by atoms with van der Waals surface area (Å²) in [5.74, 6) is -0.959. The van der Waals surface area contributed by atoms with Crippen molar-refractivity contribution >= 4 is 5.97 Å². The molecule has 3 heteroatoms. The highest BCUT2D eigenvalue weighted by Crippen LogP contribution is 2.01. The zero-order chi connectivity index (χ0) is 8.97. The predicted octanol–water partition coefficient (Wildman–Crippen LogP) is 0.641. The third-order valence-corrected chi connectivity index (χ3v) is 1.62. The first kappa shape index (κ1) is 8.74. The lowest BCUT2D eigenvalue weighted by atomic mass is 10.2. The molecule has 1 atom stereocenters. The predicted molar refractivity (Wildman–Crippen MR) is 45.8 cm³/mol. The summed E-state index contributed by atoms with van der Waals surface area (Å²) >= 11 is 0. The van der Waals surface area contributed by atoms with E-state index in [9.17, 15) is 4.79 Å². The largest absolute Gasteiger partial charge is 0.480 e. The van der Waals surface area contributed by atoms with Crippen LogP contribution in [-0.2, 0) is 11.2 Å². The van der Waals surface area contributed by atoms with Gasteiger partial charge in [0.15, 0.2) is 0 Å². The van der Waals surface area contributed by atoms with Crippen molar-refractivity contribution in [3.05, 3.63) is 35.9 Å². The SMILES string of the molecule is N[13CH](Cc1ccccc1)C(=O)O. The van der Waals surface area contributed by atoms with Gasteiger partial charge < -0.3 is 10.8 Å². The quantitative estimate of drug-likeness (QED) is 0.648. The first-order chi connectivity index (χ1) is 5.70. The molecule has 3 N–H and O–H groups in total. The Morgan fingerprint density at radius 2 is 2.00 bits per heavy atom. The van der Waals surface area contributed by atoms with E-state index >= 15 is 0 Å². The van der Waals surface area contributed by atoms with Crippen molar-refractivity contribution in [1.82, 2.24) is 0 Å². The lowest BCUT2D eigenvalue weighted by Crippen LogP contribution is -2.32. The van der Waals surface area contributed by atoms with Gasteiger partial charge in [-0.3, -0.25) is 4.79 Å². The smallest absolute Gasteiger partial charge is 0.320 e. The molecule has 0 aliphatic carbocycles. The number of benzene rings is 1. The summed E-state index contributed by atoms with van der Waals surface area (Å²) in [5.41, 5.74) is 6.30. The zero-order valence-corrected chi connectivity index (χ0v) is 6.60. The van der Waals surface area contributed by atoms with Crippen molar-refractivity contribution < 1.29 is 9.90 Å². The molecule has 0 spiro atoms. The Morgan fingerprint density at radius 3 is 2.50 bits per heavy atom. The molecular formula is C9H11NO2. The molecule has 1 aromatic rings. The van der Waals surface area contributed by atoms with Crippen LogP contribution in [0.4, 0.5) is 0 Å². The Kier molecular flexibility index (Phi) is 2.82. The molecule has 1 unspecified atom stereocenters. The van der Waals surface area contributed by atoms with Crippen LogP contribution in [-0.4, -0.2) is 17.1 Å². The number of hydrogen-bond donors (Lipinski definition) is 2. The Bertz CT molecular complexity index is 258. The second-order valence-electron chi connectivity index (χ2n) is 2.63. The summed E-state index contributed by atoms with van der Waals surface area (Å²) < 4.78 is 0. The summed E-state index contributed by atoms with van der Waals surface area (Å²) in [4.78, 5) is 10.4. The molecule has 0 aliphatic rings. The number of aliphatic carboxylic acids is 1. The van der Waals surface area contributed by atoms with Gasteiger partial charge in [0.25, 0.3) is 0 Å². The molecule has 0 fully saturated rings. The fourth-order valence-electron chi connectivity index (χ4n) is 0.955. The van der Waals surface area contributed by atoms with Gasteiger partial charge in [0, 0.05) is 0 Å². The molecule has 0 amide bonds. The Labute approximate surface area is 70.8 Å². The highest BCUT2D eigenvalue weighted by atomic mass is 16.4. The summed E-state index contributed by atoms with van der Waals surface area (Å²) in [6.45, 7) is 0. The Balaban J connectivity index is 2.58. The van der Waals surface area contributed by atoms with E-state index in [1.165, 1.54) is 0 Å². The van der Waals surface area contributed by atoms with Crippen molar-refractivity contribution in [3.63, 3.8) is 0 Å². The lowest BCUT2D eigenvalue weighted by Gasteiger charge is -2.04. The average Bonchev–Trinajstić information content (AvgIpc) is 2.06. The average molecular weight is 166 g/mol. The van der Waals surface area contributed by atoms with Crippen LogP contribution in [0.3, 0.4) is 0 Å². The number of nitrogens with two attached hydrogens (primary N) is 1. The molecule has 1 aromatic carbocycles. The maximum Gasteiger partial charge on any atom is 0.320 e. The van der Waals surface area contributed by atoms with Gasteiger partial charge in [0.1, 0.15) is 6.04 Å². The van der Waals surface area contributed by atoms with E-state index in [4.69, 9.17) is 10.8 Å². The standard InChI is InChI=1S/C9H11NO2/c10-8(9(11)12)6-7-4-2-1-3-5-7/h1-5,8H,6,10H2,(H,11,12)/i8+1. The molecular weight excluding hydrogens is 155 g/mol. The fraction of sp³-hybridized carbons (Fsp3) is 0.222. The van der Waals surface area contributed by atoms with Crippen molar-refractivity contribution in [1.29, 1.82) is 0 Å². The number of hydrogen-bond acceptors (Lipinski definition) is 2. The van der Waals surface area contributed by atoms with Crippen molar-refractivity contribution in [3.8, 4) is 0 Å². The first-order valence-corrected chi connectivity index (χ1v) is 3.72. The van der Waals surface area contributed by atoms with Crippen molar-refractivity contribution in [2.24, 2.45) is 5.73 Å². The van der Waals surface area contributed by atoms with Gasteiger partial charge in [-0.25, -0.2) is 0 Å². The van der Waals surface area contributed by atoms with Crippen LogP contribution in [0.2, 0.25) is 0 Å². The lowest BCUT2D eigenvalue weighted by molar-refractivity contribution is -0.138. The van der Waals surface area contributed by atoms with Gasteiger partial charge in [0.05, 0.1) is 0 Å². The minimum absolute atomic E-state index is 0.385. The molecule has 0 radical (unpaired) electrons. The molecule has 12 heavy (non-hydrogen) atoms. The molecule has 0 aromatic heterocycles. The van der Waals surface area contributed by atoms with E-state index in [0.29, 0.717) is 6.42 Å². The maximum atomic E-state index is 10.4. The third-order valence-electron chi connectivity index (χ3n) is 1.62.